The molecule has 0 atom stereocenters. The summed E-state index contributed by atoms with van der Waals surface area (Å²) in [4.78, 5) is 14.3. The summed E-state index contributed by atoms with van der Waals surface area (Å²) in [7, 11) is 0. The number of morpholine rings is 1. The Bertz CT molecular complexity index is 655. The maximum Gasteiger partial charge on any atom is 0.238 e. The second-order valence-corrected chi connectivity index (χ2v) is 5.71. The van der Waals surface area contributed by atoms with Crippen LogP contribution in [0, 0.1) is 0 Å². The average Bonchev–Trinajstić information content (AvgIpc) is 2.63. The second kappa shape index (κ2) is 8.47. The summed E-state index contributed by atoms with van der Waals surface area (Å²) in [5.41, 5.74) is 1.79. The number of para-hydroxylation sites is 2. The Balaban J connectivity index is 1.57. The fourth-order valence-electron chi connectivity index (χ4n) is 2.58. The monoisotopic (exact) mass is 326 g/mol. The molecule has 24 heavy (non-hydrogen) atoms. The molecule has 0 aromatic heterocycles. The molecule has 1 N–H and O–H groups in total. The number of rotatable bonds is 6. The van der Waals surface area contributed by atoms with E-state index in [9.17, 15) is 4.79 Å². The van der Waals surface area contributed by atoms with E-state index in [1.165, 1.54) is 0 Å². The van der Waals surface area contributed by atoms with Crippen LogP contribution >= 0.6 is 0 Å². The van der Waals surface area contributed by atoms with Gasteiger partial charge in [-0.1, -0.05) is 42.5 Å². The number of benzene rings is 2. The van der Waals surface area contributed by atoms with Gasteiger partial charge in [-0.05, 0) is 17.7 Å². The van der Waals surface area contributed by atoms with Crippen LogP contribution < -0.4 is 10.1 Å². The summed E-state index contributed by atoms with van der Waals surface area (Å²) in [6.07, 6.45) is 0. The molecule has 126 valence electrons. The van der Waals surface area contributed by atoms with E-state index in [1.807, 2.05) is 54.6 Å². The Kier molecular flexibility index (Phi) is 5.82. The standard InChI is InChI=1S/C19H22N2O3/c22-19(14-21-10-12-23-13-11-21)20-17-8-4-5-9-18(17)24-15-16-6-2-1-3-7-16/h1-9H,10-15H2,(H,20,22). The lowest BCUT2D eigenvalue weighted by atomic mass is 10.2. The fourth-order valence-corrected chi connectivity index (χ4v) is 2.58. The van der Waals surface area contributed by atoms with Crippen molar-refractivity contribution in [2.24, 2.45) is 0 Å². The highest BCUT2D eigenvalue weighted by Gasteiger charge is 2.15. The lowest BCUT2D eigenvalue weighted by Crippen LogP contribution is -2.41. The van der Waals surface area contributed by atoms with Gasteiger partial charge in [0.25, 0.3) is 0 Å². The van der Waals surface area contributed by atoms with Crippen LogP contribution in [0.15, 0.2) is 54.6 Å². The molecule has 0 saturated carbocycles. The molecular formula is C19H22N2O3. The van der Waals surface area contributed by atoms with Crippen LogP contribution in [0.3, 0.4) is 0 Å². The summed E-state index contributed by atoms with van der Waals surface area (Å²) in [5.74, 6) is 0.643. The summed E-state index contributed by atoms with van der Waals surface area (Å²) < 4.78 is 11.2. The second-order valence-electron chi connectivity index (χ2n) is 5.71. The molecule has 2 aromatic rings. The zero-order valence-corrected chi connectivity index (χ0v) is 13.6. The van der Waals surface area contributed by atoms with Gasteiger partial charge < -0.3 is 14.8 Å². The van der Waals surface area contributed by atoms with Crippen LogP contribution in [0.25, 0.3) is 0 Å². The molecular weight excluding hydrogens is 304 g/mol. The average molecular weight is 326 g/mol. The maximum absolute atomic E-state index is 12.3. The van der Waals surface area contributed by atoms with Crippen molar-refractivity contribution >= 4 is 11.6 Å². The Morgan fingerprint density at radius 2 is 1.75 bits per heavy atom. The minimum atomic E-state index is -0.0346. The third-order valence-electron chi connectivity index (χ3n) is 3.87. The zero-order chi connectivity index (χ0) is 16.6. The Morgan fingerprint density at radius 1 is 1.04 bits per heavy atom. The summed E-state index contributed by atoms with van der Waals surface area (Å²) in [6.45, 7) is 3.79. The summed E-state index contributed by atoms with van der Waals surface area (Å²) in [5, 5.41) is 2.95. The smallest absolute Gasteiger partial charge is 0.238 e. The number of anilines is 1. The molecule has 0 spiro atoms. The van der Waals surface area contributed by atoms with Crippen molar-refractivity contribution in [3.63, 3.8) is 0 Å². The predicted molar refractivity (Wildman–Crippen MR) is 93.1 cm³/mol. The zero-order valence-electron chi connectivity index (χ0n) is 13.6. The van der Waals surface area contributed by atoms with E-state index in [2.05, 4.69) is 10.2 Å². The molecule has 0 radical (unpaired) electrons. The molecule has 1 aliphatic heterocycles. The minimum Gasteiger partial charge on any atom is -0.487 e. The number of amides is 1. The molecule has 1 fully saturated rings. The van der Waals surface area contributed by atoms with Gasteiger partial charge in [0.05, 0.1) is 25.4 Å². The van der Waals surface area contributed by atoms with E-state index >= 15 is 0 Å². The first-order chi connectivity index (χ1) is 11.8. The van der Waals surface area contributed by atoms with Gasteiger partial charge in [0.2, 0.25) is 5.91 Å². The highest BCUT2D eigenvalue weighted by molar-refractivity contribution is 5.93. The normalized spacial score (nSPS) is 15.0. The predicted octanol–water partition coefficient (Wildman–Crippen LogP) is 2.54. The molecule has 0 bridgehead atoms. The van der Waals surface area contributed by atoms with E-state index in [0.717, 1.165) is 18.7 Å². The van der Waals surface area contributed by atoms with Crippen LogP contribution in [0.2, 0.25) is 0 Å². The van der Waals surface area contributed by atoms with Gasteiger partial charge in [-0.3, -0.25) is 9.69 Å². The Morgan fingerprint density at radius 3 is 2.54 bits per heavy atom. The summed E-state index contributed by atoms with van der Waals surface area (Å²) >= 11 is 0. The first-order valence-corrected chi connectivity index (χ1v) is 8.17. The van der Waals surface area contributed by atoms with Crippen LogP contribution in [0.1, 0.15) is 5.56 Å². The van der Waals surface area contributed by atoms with Gasteiger partial charge in [-0.2, -0.15) is 0 Å². The lowest BCUT2D eigenvalue weighted by molar-refractivity contribution is -0.118. The van der Waals surface area contributed by atoms with Crippen molar-refractivity contribution in [2.45, 2.75) is 6.61 Å². The molecule has 5 nitrogen and oxygen atoms in total. The van der Waals surface area contributed by atoms with Crippen molar-refractivity contribution in [2.75, 3.05) is 38.2 Å². The van der Waals surface area contributed by atoms with E-state index in [4.69, 9.17) is 9.47 Å². The lowest BCUT2D eigenvalue weighted by Gasteiger charge is -2.25. The van der Waals surface area contributed by atoms with E-state index in [1.54, 1.807) is 0 Å². The van der Waals surface area contributed by atoms with Gasteiger partial charge in [0, 0.05) is 13.1 Å². The largest absolute Gasteiger partial charge is 0.487 e. The van der Waals surface area contributed by atoms with Gasteiger partial charge >= 0.3 is 0 Å². The minimum absolute atomic E-state index is 0.0346. The maximum atomic E-state index is 12.3. The fraction of sp³-hybridized carbons (Fsp3) is 0.316. The molecule has 0 unspecified atom stereocenters. The number of carbonyl (C=O) groups excluding carboxylic acids is 1. The number of nitrogens with one attached hydrogen (secondary N) is 1. The molecule has 1 aliphatic rings. The van der Waals surface area contributed by atoms with Crippen molar-refractivity contribution in [3.05, 3.63) is 60.2 Å². The van der Waals surface area contributed by atoms with Crippen molar-refractivity contribution in [1.82, 2.24) is 4.90 Å². The molecule has 0 aliphatic carbocycles. The van der Waals surface area contributed by atoms with E-state index < -0.39 is 0 Å². The Hall–Kier alpha value is -2.37. The summed E-state index contributed by atoms with van der Waals surface area (Å²) in [6, 6.07) is 17.5. The number of carbonyl (C=O) groups is 1. The molecule has 1 heterocycles. The Labute approximate surface area is 142 Å². The van der Waals surface area contributed by atoms with Crippen molar-refractivity contribution < 1.29 is 14.3 Å². The molecule has 2 aromatic carbocycles. The van der Waals surface area contributed by atoms with E-state index in [-0.39, 0.29) is 5.91 Å². The third kappa shape index (κ3) is 4.81. The van der Waals surface area contributed by atoms with Crippen LogP contribution in [0.4, 0.5) is 5.69 Å². The highest BCUT2D eigenvalue weighted by Crippen LogP contribution is 2.24. The van der Waals surface area contributed by atoms with Gasteiger partial charge in [-0.25, -0.2) is 0 Å². The SMILES string of the molecule is O=C(CN1CCOCC1)Nc1ccccc1OCc1ccccc1. The van der Waals surface area contributed by atoms with Crippen molar-refractivity contribution in [1.29, 1.82) is 0 Å². The van der Waals surface area contributed by atoms with Crippen molar-refractivity contribution in [3.8, 4) is 5.75 Å². The van der Waals surface area contributed by atoms with Crippen LogP contribution in [-0.2, 0) is 16.1 Å². The highest BCUT2D eigenvalue weighted by atomic mass is 16.5. The number of hydrogen-bond acceptors (Lipinski definition) is 4. The van der Waals surface area contributed by atoms with Crippen LogP contribution in [0.5, 0.6) is 5.75 Å². The van der Waals surface area contributed by atoms with Gasteiger partial charge in [-0.15, -0.1) is 0 Å². The number of hydrogen-bond donors (Lipinski definition) is 1. The molecule has 5 heteroatoms. The topological polar surface area (TPSA) is 50.8 Å². The first-order valence-electron chi connectivity index (χ1n) is 8.17. The molecule has 1 saturated heterocycles. The van der Waals surface area contributed by atoms with Gasteiger partial charge in [0.1, 0.15) is 12.4 Å². The third-order valence-corrected chi connectivity index (χ3v) is 3.87. The van der Waals surface area contributed by atoms with Gasteiger partial charge in [0.15, 0.2) is 0 Å². The van der Waals surface area contributed by atoms with Crippen LogP contribution in [-0.4, -0.2) is 43.7 Å². The molecule has 3 rings (SSSR count). The van der Waals surface area contributed by atoms with E-state index in [0.29, 0.717) is 37.8 Å². The first kappa shape index (κ1) is 16.5. The number of ether oxygens (including phenoxy) is 2. The molecule has 1 amide bonds. The number of nitrogens with zero attached hydrogens (tertiary/aromatic N) is 1. The quantitative estimate of drug-likeness (QED) is 0.886.